The Balaban J connectivity index is 1.92. The second-order valence-corrected chi connectivity index (χ2v) is 15.8. The van der Waals surface area contributed by atoms with Gasteiger partial charge in [-0.05, 0) is 39.2 Å². The maximum atomic E-state index is 14.4. The van der Waals surface area contributed by atoms with Crippen molar-refractivity contribution in [3.63, 3.8) is 0 Å². The molecule has 16 heteroatoms. The second-order valence-electron chi connectivity index (χ2n) is 15.8. The zero-order valence-electron chi connectivity index (χ0n) is 35.7. The van der Waals surface area contributed by atoms with Crippen molar-refractivity contribution in [2.45, 2.75) is 111 Å². The first-order valence-corrected chi connectivity index (χ1v) is 20.2. The molecule has 5 rings (SSSR count). The minimum atomic E-state index is -2.07. The number of rotatable bonds is 10. The Morgan fingerprint density at radius 1 is 0.933 bits per heavy atom. The Kier molecular flexibility index (Phi) is 16.2. The van der Waals surface area contributed by atoms with E-state index in [1.165, 1.54) is 53.2 Å². The van der Waals surface area contributed by atoms with Crippen molar-refractivity contribution >= 4 is 40.3 Å². The van der Waals surface area contributed by atoms with Gasteiger partial charge in [0, 0.05) is 67.8 Å². The van der Waals surface area contributed by atoms with Crippen LogP contribution in [0.1, 0.15) is 95.6 Å². The first-order chi connectivity index (χ1) is 28.3. The lowest BCUT2D eigenvalue weighted by atomic mass is 9.78. The number of phenols is 3. The molecule has 0 saturated carbocycles. The number of methoxy groups -OCH3 is 1. The predicted octanol–water partition coefficient (Wildman–Crippen LogP) is 5.66. The standard InChI is InChI=1S/C44H60N2O14/c1-22-15-14-16-23(2)43(55)46-34-29(21-45-58-19-13-11-10-12-18-47)38(52)31-32(39(34)53)37(51)27(6)41-33(31)42(54)44(8,60-41)57-20-17-30(56-9)24(3)40(59-28(7)48)26(5)36(50)25(4)35(22)49/h14-17,20-22,24-26,30,35-36,40,47,49-53H,10-13,18-19H2,1-9H3,(H,46,55)/b15-14+,20-17+,23-16+,45-21+. The summed E-state index contributed by atoms with van der Waals surface area (Å²) in [5.41, 5.74) is -0.664. The molecule has 3 aliphatic heterocycles. The number of fused-ring (bicyclic) bond motifs is 14. The van der Waals surface area contributed by atoms with E-state index in [9.17, 15) is 39.9 Å². The number of nitrogens with one attached hydrogen (secondary N) is 1. The zero-order chi connectivity index (χ0) is 44.6. The quantitative estimate of drug-likeness (QED) is 0.0382. The van der Waals surface area contributed by atoms with Gasteiger partial charge in [0.2, 0.25) is 0 Å². The van der Waals surface area contributed by atoms with Gasteiger partial charge in [-0.15, -0.1) is 0 Å². The van der Waals surface area contributed by atoms with E-state index in [4.69, 9.17) is 28.9 Å². The van der Waals surface area contributed by atoms with Crippen LogP contribution in [0.15, 0.2) is 41.3 Å². The Hall–Kier alpha value is -5.16. The summed E-state index contributed by atoms with van der Waals surface area (Å²) >= 11 is 0. The number of aliphatic hydroxyl groups is 3. The Labute approximate surface area is 350 Å². The highest BCUT2D eigenvalue weighted by Gasteiger charge is 2.50. The molecule has 1 amide bonds. The number of aromatic hydroxyl groups is 3. The third-order valence-corrected chi connectivity index (χ3v) is 11.4. The number of hydrogen-bond acceptors (Lipinski definition) is 15. The number of Topliss-reactive ketones (excluding diaryl/α,β-unsaturated/α-hetero) is 1. The normalized spacial score (nSPS) is 29.8. The summed E-state index contributed by atoms with van der Waals surface area (Å²) in [6.45, 7) is 12.6. The molecular weight excluding hydrogens is 780 g/mol. The van der Waals surface area contributed by atoms with Crippen LogP contribution in [-0.2, 0) is 28.6 Å². The molecule has 0 spiro atoms. The molecule has 0 radical (unpaired) electrons. The number of hydrogen-bond donors (Lipinski definition) is 7. The van der Waals surface area contributed by atoms with Crippen molar-refractivity contribution in [1.29, 1.82) is 0 Å². The van der Waals surface area contributed by atoms with Crippen LogP contribution >= 0.6 is 0 Å². The van der Waals surface area contributed by atoms with Crippen molar-refractivity contribution in [3.05, 3.63) is 52.8 Å². The highest BCUT2D eigenvalue weighted by molar-refractivity contribution is 6.23. The van der Waals surface area contributed by atoms with E-state index < -0.39 is 88.8 Å². The van der Waals surface area contributed by atoms with Gasteiger partial charge in [0.15, 0.2) is 5.75 Å². The van der Waals surface area contributed by atoms with Crippen molar-refractivity contribution in [2.24, 2.45) is 28.8 Å². The van der Waals surface area contributed by atoms with E-state index >= 15 is 0 Å². The lowest BCUT2D eigenvalue weighted by Gasteiger charge is -2.38. The number of aliphatic hydroxyl groups excluding tert-OH is 3. The Morgan fingerprint density at radius 3 is 2.27 bits per heavy atom. The summed E-state index contributed by atoms with van der Waals surface area (Å²) in [4.78, 5) is 45.8. The summed E-state index contributed by atoms with van der Waals surface area (Å²) in [5.74, 6) is -8.74. The lowest BCUT2D eigenvalue weighted by molar-refractivity contribution is -0.160. The summed E-state index contributed by atoms with van der Waals surface area (Å²) < 4.78 is 23.5. The molecule has 7 N–H and O–H groups in total. The molecule has 16 nitrogen and oxygen atoms in total. The van der Waals surface area contributed by atoms with Gasteiger partial charge in [0.1, 0.15) is 30.0 Å². The highest BCUT2D eigenvalue weighted by Crippen LogP contribution is 2.55. The molecular formula is C44H60N2O14. The molecule has 0 saturated heterocycles. The highest BCUT2D eigenvalue weighted by atomic mass is 16.7. The number of ketones is 1. The average molecular weight is 841 g/mol. The molecule has 0 aromatic heterocycles. The third kappa shape index (κ3) is 10.1. The van der Waals surface area contributed by atoms with Gasteiger partial charge in [-0.25, -0.2) is 0 Å². The van der Waals surface area contributed by atoms with Crippen LogP contribution in [0.4, 0.5) is 5.69 Å². The number of nitrogens with zero attached hydrogens (tertiary/aromatic N) is 1. The van der Waals surface area contributed by atoms with E-state index in [0.717, 1.165) is 19.1 Å². The number of carbonyl (C=O) groups is 3. The zero-order valence-corrected chi connectivity index (χ0v) is 35.7. The Bertz CT molecular complexity index is 2030. The molecule has 9 unspecified atom stereocenters. The van der Waals surface area contributed by atoms with Gasteiger partial charge in [0.25, 0.3) is 11.7 Å². The molecule has 0 fully saturated rings. The maximum Gasteiger partial charge on any atom is 0.312 e. The summed E-state index contributed by atoms with van der Waals surface area (Å²) in [6, 6.07) is 0. The van der Waals surface area contributed by atoms with Gasteiger partial charge in [-0.2, -0.15) is 0 Å². The molecule has 2 aromatic carbocycles. The molecule has 3 heterocycles. The number of allylic oxidation sites excluding steroid dienone is 2. The number of unbranched alkanes of at least 4 members (excludes halogenated alkanes) is 3. The minimum Gasteiger partial charge on any atom is -0.507 e. The molecule has 2 aromatic rings. The monoisotopic (exact) mass is 840 g/mol. The van der Waals surface area contributed by atoms with Crippen molar-refractivity contribution < 1.29 is 68.8 Å². The van der Waals surface area contributed by atoms with Crippen LogP contribution in [0.5, 0.6) is 23.0 Å². The second kappa shape index (κ2) is 20.4. The van der Waals surface area contributed by atoms with Crippen LogP contribution in [0.3, 0.4) is 0 Å². The van der Waals surface area contributed by atoms with E-state index in [0.29, 0.717) is 12.8 Å². The number of phenolic OH excluding ortho intramolecular Hbond substituents is 3. The van der Waals surface area contributed by atoms with E-state index in [1.807, 2.05) is 0 Å². The van der Waals surface area contributed by atoms with Crippen LogP contribution in [0, 0.1) is 30.6 Å². The van der Waals surface area contributed by atoms with Crippen LogP contribution in [-0.4, -0.2) is 105 Å². The van der Waals surface area contributed by atoms with Crippen molar-refractivity contribution in [2.75, 3.05) is 25.6 Å². The van der Waals surface area contributed by atoms with Crippen molar-refractivity contribution in [3.8, 4) is 23.0 Å². The fraction of sp³-hybridized carbons (Fsp3) is 0.545. The SMILES string of the molecule is COC1/C=C/OC2(C)Oc3c(C)c(O)c4c(O)c(c(/C=N/OCCCCCCO)c(O)c4c3C2=O)NC(=O)/C(C)=C/C=C/C(C)C(O)C(C)C(O)C(C)C(OC(C)=O)C1C. The fourth-order valence-electron chi connectivity index (χ4n) is 7.65. The largest absolute Gasteiger partial charge is 0.507 e. The number of oxime groups is 1. The minimum absolute atomic E-state index is 0.0255. The average Bonchev–Trinajstić information content (AvgIpc) is 3.47. The summed E-state index contributed by atoms with van der Waals surface area (Å²) in [5, 5.41) is 73.1. The Morgan fingerprint density at radius 2 is 1.62 bits per heavy atom. The van der Waals surface area contributed by atoms with Gasteiger partial charge >= 0.3 is 11.8 Å². The molecule has 330 valence electrons. The predicted molar refractivity (Wildman–Crippen MR) is 223 cm³/mol. The van der Waals surface area contributed by atoms with Gasteiger partial charge in [-0.1, -0.05) is 57.5 Å². The van der Waals surface area contributed by atoms with E-state index in [-0.39, 0.29) is 57.7 Å². The molecule has 3 aliphatic rings. The number of anilines is 1. The van der Waals surface area contributed by atoms with Gasteiger partial charge in [0.05, 0.1) is 53.0 Å². The molecule has 5 bridgehead atoms. The number of amides is 1. The number of esters is 1. The van der Waals surface area contributed by atoms with Crippen molar-refractivity contribution in [1.82, 2.24) is 0 Å². The third-order valence-electron chi connectivity index (χ3n) is 11.4. The van der Waals surface area contributed by atoms with E-state index in [2.05, 4.69) is 10.5 Å². The fourth-order valence-corrected chi connectivity index (χ4v) is 7.65. The summed E-state index contributed by atoms with van der Waals surface area (Å²) in [7, 11) is 1.42. The number of carbonyl (C=O) groups excluding carboxylic acids is 3. The first-order valence-electron chi connectivity index (χ1n) is 20.2. The smallest absolute Gasteiger partial charge is 0.312 e. The summed E-state index contributed by atoms with van der Waals surface area (Å²) in [6.07, 6.45) is 7.26. The van der Waals surface area contributed by atoms with Gasteiger partial charge < -0.3 is 59.7 Å². The van der Waals surface area contributed by atoms with Crippen LogP contribution in [0.25, 0.3) is 10.8 Å². The van der Waals surface area contributed by atoms with E-state index in [1.54, 1.807) is 39.8 Å². The van der Waals surface area contributed by atoms with Gasteiger partial charge in [-0.3, -0.25) is 14.4 Å². The topological polar surface area (TPSA) is 243 Å². The number of ether oxygens (including phenoxy) is 4. The lowest BCUT2D eigenvalue weighted by Crippen LogP contribution is -2.46. The van der Waals surface area contributed by atoms with Crippen LogP contribution < -0.4 is 10.1 Å². The van der Waals surface area contributed by atoms with Crippen LogP contribution in [0.2, 0.25) is 0 Å². The number of benzene rings is 2. The maximum absolute atomic E-state index is 14.4. The molecule has 9 atom stereocenters. The first kappa shape index (κ1) is 47.5. The molecule has 0 aliphatic carbocycles. The molecule has 60 heavy (non-hydrogen) atoms.